The fourth-order valence-electron chi connectivity index (χ4n) is 4.33. The van der Waals surface area contributed by atoms with Crippen LogP contribution in [-0.4, -0.2) is 38.2 Å². The van der Waals surface area contributed by atoms with Gasteiger partial charge in [0.2, 0.25) is 5.91 Å². The molecule has 0 aromatic carbocycles. The second-order valence-electron chi connectivity index (χ2n) is 8.33. The van der Waals surface area contributed by atoms with Gasteiger partial charge >= 0.3 is 6.18 Å². The second kappa shape index (κ2) is 6.16. The number of rotatable bonds is 3. The van der Waals surface area contributed by atoms with E-state index >= 15 is 0 Å². The summed E-state index contributed by atoms with van der Waals surface area (Å²) in [7, 11) is 0. The van der Waals surface area contributed by atoms with Gasteiger partial charge in [0.1, 0.15) is 11.7 Å². The van der Waals surface area contributed by atoms with Gasteiger partial charge in [-0.3, -0.25) is 9.78 Å². The molecule has 5 rings (SSSR count). The van der Waals surface area contributed by atoms with E-state index < -0.39 is 24.0 Å². The summed E-state index contributed by atoms with van der Waals surface area (Å²) in [5.41, 5.74) is 1.96. The van der Waals surface area contributed by atoms with Gasteiger partial charge in [-0.1, -0.05) is 11.6 Å². The lowest BCUT2D eigenvalue weighted by molar-refractivity contribution is -0.134. The molecule has 4 heterocycles. The Labute approximate surface area is 174 Å². The summed E-state index contributed by atoms with van der Waals surface area (Å²) in [4.78, 5) is 22.2. The number of carbonyl (C=O) groups is 1. The molecule has 1 fully saturated rings. The molecule has 0 spiro atoms. The quantitative estimate of drug-likeness (QED) is 0.617. The molecule has 0 bridgehead atoms. The van der Waals surface area contributed by atoms with E-state index in [1.807, 2.05) is 0 Å². The first kappa shape index (κ1) is 19.3. The topological polar surface area (TPSA) is 63.4 Å². The molecular weight excluding hydrogens is 419 g/mol. The number of nitrogens with zero attached hydrogens (tertiary/aromatic N) is 5. The summed E-state index contributed by atoms with van der Waals surface area (Å²) in [5.74, 6) is -0.420. The molecule has 6 nitrogen and oxygen atoms in total. The van der Waals surface area contributed by atoms with Crippen LogP contribution in [0.25, 0.3) is 5.65 Å². The van der Waals surface area contributed by atoms with Gasteiger partial charge in [-0.15, -0.1) is 0 Å². The normalized spacial score (nSPS) is 22.6. The van der Waals surface area contributed by atoms with Crippen LogP contribution in [0.2, 0.25) is 5.15 Å². The number of hydrogen-bond donors (Lipinski definition) is 0. The van der Waals surface area contributed by atoms with E-state index in [4.69, 9.17) is 11.6 Å². The van der Waals surface area contributed by atoms with E-state index in [0.717, 1.165) is 22.4 Å². The Bertz CT molecular complexity index is 1190. The van der Waals surface area contributed by atoms with Crippen LogP contribution in [0.1, 0.15) is 48.9 Å². The maximum Gasteiger partial charge on any atom is 0.406 e. The van der Waals surface area contributed by atoms with E-state index in [-0.39, 0.29) is 17.5 Å². The average molecular weight is 436 g/mol. The predicted molar refractivity (Wildman–Crippen MR) is 104 cm³/mol. The molecule has 30 heavy (non-hydrogen) atoms. The fourth-order valence-corrected chi connectivity index (χ4v) is 4.53. The zero-order valence-electron chi connectivity index (χ0n) is 16.1. The summed E-state index contributed by atoms with van der Waals surface area (Å²) < 4.78 is 40.9. The number of halogens is 4. The third kappa shape index (κ3) is 2.94. The first-order chi connectivity index (χ1) is 14.1. The van der Waals surface area contributed by atoms with E-state index in [9.17, 15) is 18.0 Å². The lowest BCUT2D eigenvalue weighted by Gasteiger charge is -2.21. The number of aromatic nitrogens is 4. The van der Waals surface area contributed by atoms with Crippen molar-refractivity contribution in [2.75, 3.05) is 11.4 Å². The zero-order valence-corrected chi connectivity index (χ0v) is 16.9. The highest BCUT2D eigenvalue weighted by atomic mass is 35.5. The molecule has 3 aromatic rings. The van der Waals surface area contributed by atoms with Crippen LogP contribution >= 0.6 is 11.6 Å². The van der Waals surface area contributed by atoms with Crippen molar-refractivity contribution in [2.24, 2.45) is 0 Å². The van der Waals surface area contributed by atoms with Crippen molar-refractivity contribution in [1.82, 2.24) is 19.6 Å². The second-order valence-corrected chi connectivity index (χ2v) is 8.72. The standard InChI is InChI=1S/C20H17ClF3N5O/c1-19(2)16-14(28(18(19)30)9-20(22,23)24)5-10(8-26-16)11-6-12(11)13-7-15(21)27-29-4-3-25-17(13)29/h3-5,7-8,11-12H,6,9H2,1-2H3. The van der Waals surface area contributed by atoms with Crippen molar-refractivity contribution in [1.29, 1.82) is 0 Å². The van der Waals surface area contributed by atoms with Crippen molar-refractivity contribution < 1.29 is 18.0 Å². The highest BCUT2D eigenvalue weighted by Crippen LogP contribution is 2.56. The van der Waals surface area contributed by atoms with Gasteiger partial charge < -0.3 is 4.90 Å². The Kier molecular flexibility index (Phi) is 3.96. The summed E-state index contributed by atoms with van der Waals surface area (Å²) in [6.07, 6.45) is 1.31. The smallest absolute Gasteiger partial charge is 0.301 e. The Morgan fingerprint density at radius 3 is 2.73 bits per heavy atom. The minimum Gasteiger partial charge on any atom is -0.301 e. The number of pyridine rings is 1. The van der Waals surface area contributed by atoms with E-state index in [1.165, 1.54) is 0 Å². The highest BCUT2D eigenvalue weighted by molar-refractivity contribution is 6.29. The number of amides is 1. The summed E-state index contributed by atoms with van der Waals surface area (Å²) in [5, 5.41) is 4.52. The van der Waals surface area contributed by atoms with Gasteiger partial charge in [-0.05, 0) is 49.8 Å². The summed E-state index contributed by atoms with van der Waals surface area (Å²) >= 11 is 6.13. The number of anilines is 1. The van der Waals surface area contributed by atoms with E-state index in [0.29, 0.717) is 16.5 Å². The number of imidazole rings is 1. The van der Waals surface area contributed by atoms with Crippen molar-refractivity contribution >= 4 is 28.8 Å². The van der Waals surface area contributed by atoms with Crippen LogP contribution < -0.4 is 4.90 Å². The van der Waals surface area contributed by atoms with Gasteiger partial charge in [-0.25, -0.2) is 9.50 Å². The lowest BCUT2D eigenvalue weighted by atomic mass is 9.90. The van der Waals surface area contributed by atoms with Crippen LogP contribution in [0, 0.1) is 0 Å². The maximum absolute atomic E-state index is 13.1. The Morgan fingerprint density at radius 2 is 2.00 bits per heavy atom. The predicted octanol–water partition coefficient (Wildman–Crippen LogP) is 4.24. The average Bonchev–Trinajstić information content (AvgIpc) is 3.28. The fraction of sp³-hybridized carbons (Fsp3) is 0.400. The van der Waals surface area contributed by atoms with Gasteiger partial charge in [0.25, 0.3) is 0 Å². The van der Waals surface area contributed by atoms with Crippen molar-refractivity contribution in [2.45, 2.75) is 43.7 Å². The number of alkyl halides is 3. The third-order valence-corrected chi connectivity index (χ3v) is 6.05. The molecule has 2 unspecified atom stereocenters. The molecule has 1 saturated carbocycles. The number of carbonyl (C=O) groups excluding carboxylic acids is 1. The van der Waals surface area contributed by atoms with Gasteiger partial charge in [-0.2, -0.15) is 18.3 Å². The maximum atomic E-state index is 13.1. The molecule has 2 atom stereocenters. The number of hydrogen-bond acceptors (Lipinski definition) is 4. The third-order valence-electron chi connectivity index (χ3n) is 5.86. The molecule has 10 heteroatoms. The minimum absolute atomic E-state index is 0.0633. The molecule has 1 amide bonds. The summed E-state index contributed by atoms with van der Waals surface area (Å²) in [6.45, 7) is 1.88. The van der Waals surface area contributed by atoms with Crippen LogP contribution in [0.15, 0.2) is 30.7 Å². The van der Waals surface area contributed by atoms with Gasteiger partial charge in [0, 0.05) is 24.2 Å². The van der Waals surface area contributed by atoms with Crippen molar-refractivity contribution in [3.8, 4) is 0 Å². The Morgan fingerprint density at radius 1 is 1.23 bits per heavy atom. The minimum atomic E-state index is -4.49. The van der Waals surface area contributed by atoms with E-state index in [1.54, 1.807) is 49.1 Å². The SMILES string of the molecule is CC1(C)C(=O)N(CC(F)(F)F)c2cc(C3CC3c3cc(Cl)nn4ccnc34)cnc21. The van der Waals surface area contributed by atoms with E-state index in [2.05, 4.69) is 15.1 Å². The Balaban J connectivity index is 1.51. The van der Waals surface area contributed by atoms with Crippen LogP contribution in [-0.2, 0) is 10.2 Å². The molecule has 2 aliphatic rings. The van der Waals surface area contributed by atoms with Crippen LogP contribution in [0.5, 0.6) is 0 Å². The molecule has 1 aliphatic carbocycles. The first-order valence-electron chi connectivity index (χ1n) is 9.45. The monoisotopic (exact) mass is 435 g/mol. The number of fused-ring (bicyclic) bond motifs is 2. The summed E-state index contributed by atoms with van der Waals surface area (Å²) in [6, 6.07) is 3.45. The lowest BCUT2D eigenvalue weighted by Crippen LogP contribution is -2.41. The molecule has 3 aromatic heterocycles. The molecule has 1 aliphatic heterocycles. The highest BCUT2D eigenvalue weighted by Gasteiger charge is 2.50. The molecule has 0 radical (unpaired) electrons. The molecule has 156 valence electrons. The molecule has 0 N–H and O–H groups in total. The van der Waals surface area contributed by atoms with Crippen LogP contribution in [0.3, 0.4) is 0 Å². The van der Waals surface area contributed by atoms with Crippen molar-refractivity contribution in [3.63, 3.8) is 0 Å². The van der Waals surface area contributed by atoms with Gasteiger partial charge in [0.05, 0.1) is 16.8 Å². The van der Waals surface area contributed by atoms with Gasteiger partial charge in [0.15, 0.2) is 5.65 Å². The van der Waals surface area contributed by atoms with Crippen molar-refractivity contribution in [3.05, 3.63) is 52.7 Å². The molecular formula is C20H17ClF3N5O. The zero-order chi connectivity index (χ0) is 21.4. The van der Waals surface area contributed by atoms with Crippen LogP contribution in [0.4, 0.5) is 18.9 Å². The largest absolute Gasteiger partial charge is 0.406 e. The first-order valence-corrected chi connectivity index (χ1v) is 9.83. The Hall–Kier alpha value is -2.68. The molecule has 0 saturated heterocycles.